The van der Waals surface area contributed by atoms with E-state index in [-0.39, 0.29) is 25.1 Å². The van der Waals surface area contributed by atoms with Gasteiger partial charge >= 0.3 is 5.97 Å². The molecule has 15 N–H and O–H groups in total. The molecule has 0 aromatic carbocycles. The molecule has 0 saturated heterocycles. The number of thiol groups is 1. The summed E-state index contributed by atoms with van der Waals surface area (Å²) in [7, 11) is 0. The first kappa shape index (κ1) is 48.9. The van der Waals surface area contributed by atoms with Crippen LogP contribution in [0.15, 0.2) is 0 Å². The molecule has 0 aliphatic rings. The molecule has 20 nitrogen and oxygen atoms in total. The highest BCUT2D eigenvalue weighted by atomic mass is 32.2. The molecule has 8 atom stereocenters. The fourth-order valence-corrected chi connectivity index (χ4v) is 5.34. The van der Waals surface area contributed by atoms with Crippen LogP contribution in [0.3, 0.4) is 0 Å². The summed E-state index contributed by atoms with van der Waals surface area (Å²) in [5.74, 6) is -8.49. The molecule has 0 bridgehead atoms. The van der Waals surface area contributed by atoms with Gasteiger partial charge in [-0.3, -0.25) is 38.4 Å². The van der Waals surface area contributed by atoms with Crippen molar-refractivity contribution >= 4 is 77.6 Å². The van der Waals surface area contributed by atoms with Crippen LogP contribution in [-0.2, 0) is 43.2 Å². The van der Waals surface area contributed by atoms with Crippen LogP contribution in [0.25, 0.3) is 0 Å². The first-order chi connectivity index (χ1) is 24.8. The second kappa shape index (κ2) is 25.8. The number of amides is 8. The average Bonchev–Trinajstić information content (AvgIpc) is 3.08. The summed E-state index contributed by atoms with van der Waals surface area (Å²) in [5, 5.41) is 24.0. The molecule has 53 heavy (non-hydrogen) atoms. The quantitative estimate of drug-likeness (QED) is 0.0279. The second-order valence-corrected chi connectivity index (χ2v) is 13.7. The fourth-order valence-electron chi connectivity index (χ4n) is 4.61. The van der Waals surface area contributed by atoms with E-state index in [2.05, 4.69) is 44.5 Å². The zero-order valence-corrected chi connectivity index (χ0v) is 32.2. The monoisotopic (exact) mass is 792 g/mol. The molecule has 0 aliphatic carbocycles. The van der Waals surface area contributed by atoms with E-state index in [1.165, 1.54) is 18.7 Å². The molecule has 302 valence electrons. The molecule has 22 heteroatoms. The van der Waals surface area contributed by atoms with Crippen LogP contribution in [0.4, 0.5) is 0 Å². The molecule has 8 unspecified atom stereocenters. The van der Waals surface area contributed by atoms with Gasteiger partial charge in [0.1, 0.15) is 36.3 Å². The summed E-state index contributed by atoms with van der Waals surface area (Å²) >= 11 is 5.51. The van der Waals surface area contributed by atoms with Gasteiger partial charge in [-0.2, -0.15) is 24.4 Å². The summed E-state index contributed by atoms with van der Waals surface area (Å²) in [4.78, 5) is 113. The Hall–Kier alpha value is -4.15. The van der Waals surface area contributed by atoms with E-state index in [9.17, 15) is 48.3 Å². The number of carboxylic acids is 1. The van der Waals surface area contributed by atoms with E-state index >= 15 is 0 Å². The maximum absolute atomic E-state index is 13.3. The number of carbonyl (C=O) groups is 9. The van der Waals surface area contributed by atoms with Gasteiger partial charge in [0, 0.05) is 5.75 Å². The standard InChI is InChI=1S/C31H56N10O10S2/c1-5-15(2)24(30(49)38-19(31(50)51)9-11-53-4)41-25(44)16(3)36-29(48)21(14-52)40-28(47)20(13-23(35)43)39-27(46)18(8-6-7-10-32)37-26(45)17(33)12-22(34)42/h15-21,24,52H,5-14,32-33H2,1-4H3,(H2,34,42)(H2,35,43)(H,36,48)(H,37,45)(H,38,49)(H,39,46)(H,40,47)(H,41,44)(H,50,51). The van der Waals surface area contributed by atoms with Crippen molar-refractivity contribution in [1.82, 2.24) is 31.9 Å². The third kappa shape index (κ3) is 19.0. The Balaban J connectivity index is 5.81. The van der Waals surface area contributed by atoms with Gasteiger partial charge in [0.2, 0.25) is 47.3 Å². The van der Waals surface area contributed by atoms with Gasteiger partial charge in [-0.15, -0.1) is 0 Å². The van der Waals surface area contributed by atoms with Gasteiger partial charge in [0.25, 0.3) is 0 Å². The highest BCUT2D eigenvalue weighted by Crippen LogP contribution is 2.11. The second-order valence-electron chi connectivity index (χ2n) is 12.4. The number of aliphatic carboxylic acids is 1. The summed E-state index contributed by atoms with van der Waals surface area (Å²) in [6, 6.07) is -9.22. The van der Waals surface area contributed by atoms with Crippen LogP contribution in [0.5, 0.6) is 0 Å². The number of thioether (sulfide) groups is 1. The van der Waals surface area contributed by atoms with Gasteiger partial charge in [-0.05, 0) is 57.1 Å². The first-order valence-electron chi connectivity index (χ1n) is 17.0. The zero-order valence-electron chi connectivity index (χ0n) is 30.5. The Morgan fingerprint density at radius 3 is 1.72 bits per heavy atom. The lowest BCUT2D eigenvalue weighted by atomic mass is 9.97. The molecule has 8 amide bonds. The molecule has 0 rings (SSSR count). The Morgan fingerprint density at radius 1 is 0.679 bits per heavy atom. The number of hydrogen-bond donors (Lipinski definition) is 12. The number of carboxylic acid groups (broad SMARTS) is 1. The van der Waals surface area contributed by atoms with Crippen molar-refractivity contribution in [2.45, 2.75) is 108 Å². The van der Waals surface area contributed by atoms with Crippen molar-refractivity contribution in [3.05, 3.63) is 0 Å². The fraction of sp³-hybridized carbons (Fsp3) is 0.710. The Kier molecular flexibility index (Phi) is 23.7. The predicted octanol–water partition coefficient (Wildman–Crippen LogP) is -4.06. The van der Waals surface area contributed by atoms with Crippen LogP contribution in [-0.4, -0.2) is 125 Å². The minimum Gasteiger partial charge on any atom is -0.480 e. The lowest BCUT2D eigenvalue weighted by Crippen LogP contribution is -2.60. The molecule has 0 saturated carbocycles. The van der Waals surface area contributed by atoms with Crippen molar-refractivity contribution in [3.8, 4) is 0 Å². The van der Waals surface area contributed by atoms with Crippen LogP contribution < -0.4 is 54.8 Å². The van der Waals surface area contributed by atoms with Crippen molar-refractivity contribution in [2.24, 2.45) is 28.9 Å². The highest BCUT2D eigenvalue weighted by molar-refractivity contribution is 7.98. The third-order valence-corrected chi connectivity index (χ3v) is 8.97. The van der Waals surface area contributed by atoms with E-state index < -0.39 is 114 Å². The van der Waals surface area contributed by atoms with Gasteiger partial charge < -0.3 is 59.9 Å². The number of nitrogens with one attached hydrogen (secondary N) is 6. The van der Waals surface area contributed by atoms with E-state index in [1.54, 1.807) is 20.1 Å². The summed E-state index contributed by atoms with van der Waals surface area (Å²) in [6.45, 7) is 5.07. The molecule has 0 aromatic heterocycles. The molecule has 0 aromatic rings. The molecular weight excluding hydrogens is 737 g/mol. The van der Waals surface area contributed by atoms with Crippen LogP contribution in [0.1, 0.15) is 65.7 Å². The van der Waals surface area contributed by atoms with Crippen molar-refractivity contribution in [1.29, 1.82) is 0 Å². The minimum atomic E-state index is -1.62. The first-order valence-corrected chi connectivity index (χ1v) is 19.0. The molecular formula is C31H56N10O10S2. The number of rotatable bonds is 27. The average molecular weight is 793 g/mol. The number of unbranched alkanes of at least 4 members (excludes halogenated alkanes) is 1. The Morgan fingerprint density at radius 2 is 1.21 bits per heavy atom. The normalized spacial score (nSPS) is 15.5. The molecule has 0 fully saturated rings. The van der Waals surface area contributed by atoms with E-state index in [4.69, 9.17) is 22.9 Å². The van der Waals surface area contributed by atoms with E-state index in [1.807, 2.05) is 0 Å². The number of nitrogens with two attached hydrogens (primary N) is 4. The van der Waals surface area contributed by atoms with Crippen LogP contribution in [0.2, 0.25) is 0 Å². The van der Waals surface area contributed by atoms with Gasteiger partial charge in [-0.1, -0.05) is 20.3 Å². The van der Waals surface area contributed by atoms with Gasteiger partial charge in [-0.25, -0.2) is 4.79 Å². The van der Waals surface area contributed by atoms with Crippen molar-refractivity contribution in [3.63, 3.8) is 0 Å². The van der Waals surface area contributed by atoms with Crippen LogP contribution >= 0.6 is 24.4 Å². The Bertz CT molecular complexity index is 1290. The van der Waals surface area contributed by atoms with E-state index in [0.717, 1.165) is 0 Å². The van der Waals surface area contributed by atoms with Gasteiger partial charge in [0.05, 0.1) is 18.9 Å². The Labute approximate surface area is 318 Å². The maximum atomic E-state index is 13.3. The lowest BCUT2D eigenvalue weighted by molar-refractivity contribution is -0.142. The zero-order chi connectivity index (χ0) is 40.8. The van der Waals surface area contributed by atoms with E-state index in [0.29, 0.717) is 25.0 Å². The van der Waals surface area contributed by atoms with Crippen molar-refractivity contribution in [2.75, 3.05) is 24.3 Å². The molecule has 0 radical (unpaired) electrons. The SMILES string of the molecule is CCC(C)C(NC(=O)C(C)NC(=O)C(CS)NC(=O)C(CC(N)=O)NC(=O)C(CCCCN)NC(=O)C(N)CC(N)=O)C(=O)NC(CCSC)C(=O)O. The topological polar surface area (TPSA) is 350 Å². The van der Waals surface area contributed by atoms with Crippen LogP contribution in [0, 0.1) is 5.92 Å². The smallest absolute Gasteiger partial charge is 0.326 e. The minimum absolute atomic E-state index is 0.0440. The highest BCUT2D eigenvalue weighted by Gasteiger charge is 2.34. The van der Waals surface area contributed by atoms with Crippen molar-refractivity contribution < 1.29 is 48.3 Å². The number of primary amides is 2. The lowest BCUT2D eigenvalue weighted by Gasteiger charge is -2.27. The maximum Gasteiger partial charge on any atom is 0.326 e. The predicted molar refractivity (Wildman–Crippen MR) is 200 cm³/mol. The largest absolute Gasteiger partial charge is 0.480 e. The van der Waals surface area contributed by atoms with Gasteiger partial charge in [0.15, 0.2) is 0 Å². The molecule has 0 aliphatic heterocycles. The third-order valence-electron chi connectivity index (χ3n) is 7.96. The molecule has 0 spiro atoms. The summed E-state index contributed by atoms with van der Waals surface area (Å²) in [5.41, 5.74) is 21.6. The molecule has 0 heterocycles. The summed E-state index contributed by atoms with van der Waals surface area (Å²) in [6.07, 6.45) is 2.08. The summed E-state index contributed by atoms with van der Waals surface area (Å²) < 4.78 is 0. The number of carbonyl (C=O) groups excluding carboxylic acids is 8. The number of hydrogen-bond acceptors (Lipinski definition) is 13.